The van der Waals surface area contributed by atoms with E-state index in [-0.39, 0.29) is 0 Å². The maximum atomic E-state index is 8.56. The standard InChI is InChI=1S/C12H23ClN2/c1-12(2)11-15(10-6-8-14)9-5-3-4-7-13/h12H,3-7,9-11H2,1-2H3. The van der Waals surface area contributed by atoms with E-state index in [0.717, 1.165) is 31.9 Å². The highest BCUT2D eigenvalue weighted by atomic mass is 35.5. The minimum absolute atomic E-state index is 0.641. The Morgan fingerprint density at radius 1 is 1.20 bits per heavy atom. The van der Waals surface area contributed by atoms with E-state index >= 15 is 0 Å². The number of alkyl halides is 1. The van der Waals surface area contributed by atoms with Gasteiger partial charge in [0.1, 0.15) is 0 Å². The Hall–Kier alpha value is -0.260. The van der Waals surface area contributed by atoms with Crippen LogP contribution in [0.2, 0.25) is 0 Å². The Bertz CT molecular complexity index is 175. The van der Waals surface area contributed by atoms with Crippen molar-refractivity contribution in [2.45, 2.75) is 39.5 Å². The first kappa shape index (κ1) is 14.7. The average molecular weight is 231 g/mol. The largest absolute Gasteiger partial charge is 0.302 e. The van der Waals surface area contributed by atoms with E-state index in [1.54, 1.807) is 0 Å². The molecule has 0 aromatic carbocycles. The number of hydrogen-bond donors (Lipinski definition) is 0. The van der Waals surface area contributed by atoms with Gasteiger partial charge in [-0.25, -0.2) is 0 Å². The minimum Gasteiger partial charge on any atom is -0.302 e. The highest BCUT2D eigenvalue weighted by molar-refractivity contribution is 6.17. The van der Waals surface area contributed by atoms with Crippen LogP contribution in [-0.4, -0.2) is 30.4 Å². The molecule has 88 valence electrons. The zero-order chi connectivity index (χ0) is 11.5. The molecule has 0 aliphatic carbocycles. The molecule has 0 aliphatic rings. The van der Waals surface area contributed by atoms with Crippen molar-refractivity contribution in [1.29, 1.82) is 5.26 Å². The summed E-state index contributed by atoms with van der Waals surface area (Å²) in [7, 11) is 0. The molecule has 2 nitrogen and oxygen atoms in total. The Balaban J connectivity index is 3.65. The van der Waals surface area contributed by atoms with Crippen molar-refractivity contribution >= 4 is 11.6 Å². The van der Waals surface area contributed by atoms with Crippen LogP contribution in [0.5, 0.6) is 0 Å². The van der Waals surface area contributed by atoms with Gasteiger partial charge in [-0.15, -0.1) is 11.6 Å². The van der Waals surface area contributed by atoms with Crippen LogP contribution in [-0.2, 0) is 0 Å². The third kappa shape index (κ3) is 10.0. The van der Waals surface area contributed by atoms with E-state index in [4.69, 9.17) is 16.9 Å². The van der Waals surface area contributed by atoms with Crippen LogP contribution in [0.1, 0.15) is 39.5 Å². The zero-order valence-corrected chi connectivity index (χ0v) is 10.8. The molecular weight excluding hydrogens is 208 g/mol. The fraction of sp³-hybridized carbons (Fsp3) is 0.917. The predicted molar refractivity (Wildman–Crippen MR) is 66.1 cm³/mol. The molecule has 0 saturated heterocycles. The molecule has 15 heavy (non-hydrogen) atoms. The molecule has 0 radical (unpaired) electrons. The summed E-state index contributed by atoms with van der Waals surface area (Å²) < 4.78 is 0. The van der Waals surface area contributed by atoms with E-state index in [9.17, 15) is 0 Å². The van der Waals surface area contributed by atoms with Crippen molar-refractivity contribution in [2.24, 2.45) is 5.92 Å². The van der Waals surface area contributed by atoms with E-state index in [1.165, 1.54) is 12.8 Å². The van der Waals surface area contributed by atoms with Gasteiger partial charge >= 0.3 is 0 Å². The summed E-state index contributed by atoms with van der Waals surface area (Å²) in [6.45, 7) is 7.56. The molecule has 0 bridgehead atoms. The summed E-state index contributed by atoms with van der Waals surface area (Å²) in [5, 5.41) is 8.56. The fourth-order valence-corrected chi connectivity index (χ4v) is 1.81. The van der Waals surface area contributed by atoms with Gasteiger partial charge in [-0.3, -0.25) is 0 Å². The molecular formula is C12H23ClN2. The maximum Gasteiger partial charge on any atom is 0.0635 e. The molecule has 0 aromatic rings. The van der Waals surface area contributed by atoms with Crippen LogP contribution in [0.25, 0.3) is 0 Å². The number of halogens is 1. The number of nitriles is 1. The van der Waals surface area contributed by atoms with Crippen molar-refractivity contribution in [3.63, 3.8) is 0 Å². The molecule has 0 N–H and O–H groups in total. The first-order chi connectivity index (χ1) is 7.20. The van der Waals surface area contributed by atoms with Gasteiger partial charge in [-0.1, -0.05) is 20.3 Å². The Labute approximate surface area is 99.2 Å². The van der Waals surface area contributed by atoms with Gasteiger partial charge in [0.05, 0.1) is 6.07 Å². The van der Waals surface area contributed by atoms with E-state index in [1.807, 2.05) is 0 Å². The van der Waals surface area contributed by atoms with Gasteiger partial charge in [0.2, 0.25) is 0 Å². The second-order valence-electron chi connectivity index (χ2n) is 4.35. The molecule has 0 aromatic heterocycles. The molecule has 0 spiro atoms. The van der Waals surface area contributed by atoms with Crippen LogP contribution < -0.4 is 0 Å². The van der Waals surface area contributed by atoms with E-state index in [0.29, 0.717) is 12.3 Å². The lowest BCUT2D eigenvalue weighted by Crippen LogP contribution is -2.29. The average Bonchev–Trinajstić information content (AvgIpc) is 2.19. The van der Waals surface area contributed by atoms with Crippen LogP contribution in [0, 0.1) is 17.2 Å². The zero-order valence-electron chi connectivity index (χ0n) is 10.0. The number of hydrogen-bond acceptors (Lipinski definition) is 2. The second-order valence-corrected chi connectivity index (χ2v) is 4.73. The van der Waals surface area contributed by atoms with Gasteiger partial charge in [-0.05, 0) is 25.3 Å². The highest BCUT2D eigenvalue weighted by Gasteiger charge is 2.06. The summed E-state index contributed by atoms with van der Waals surface area (Å²) in [5.74, 6) is 1.44. The van der Waals surface area contributed by atoms with Crippen LogP contribution >= 0.6 is 11.6 Å². The van der Waals surface area contributed by atoms with Gasteiger partial charge in [-0.2, -0.15) is 5.26 Å². The van der Waals surface area contributed by atoms with Gasteiger partial charge in [0, 0.05) is 25.4 Å². The summed E-state index contributed by atoms with van der Waals surface area (Å²) in [5.41, 5.74) is 0. The van der Waals surface area contributed by atoms with Crippen molar-refractivity contribution in [1.82, 2.24) is 4.90 Å². The van der Waals surface area contributed by atoms with Crippen molar-refractivity contribution in [3.8, 4) is 6.07 Å². The lowest BCUT2D eigenvalue weighted by atomic mass is 10.2. The molecule has 0 aliphatic heterocycles. The third-order valence-electron chi connectivity index (χ3n) is 2.27. The monoisotopic (exact) mass is 230 g/mol. The summed E-state index contributed by atoms with van der Waals surface area (Å²) in [6, 6.07) is 2.21. The minimum atomic E-state index is 0.641. The van der Waals surface area contributed by atoms with Crippen molar-refractivity contribution < 1.29 is 0 Å². The molecule has 0 saturated carbocycles. The van der Waals surface area contributed by atoms with Crippen molar-refractivity contribution in [3.05, 3.63) is 0 Å². The second kappa shape index (κ2) is 10.3. The molecule has 0 fully saturated rings. The fourth-order valence-electron chi connectivity index (χ4n) is 1.63. The number of unbranched alkanes of at least 4 members (excludes halogenated alkanes) is 2. The quantitative estimate of drug-likeness (QED) is 0.449. The molecule has 0 heterocycles. The Morgan fingerprint density at radius 3 is 2.47 bits per heavy atom. The van der Waals surface area contributed by atoms with Crippen LogP contribution in [0.4, 0.5) is 0 Å². The third-order valence-corrected chi connectivity index (χ3v) is 2.54. The topological polar surface area (TPSA) is 27.0 Å². The summed E-state index contributed by atoms with van der Waals surface area (Å²) >= 11 is 5.63. The predicted octanol–water partition coefficient (Wildman–Crippen LogP) is 3.27. The maximum absolute atomic E-state index is 8.56. The van der Waals surface area contributed by atoms with E-state index < -0.39 is 0 Å². The smallest absolute Gasteiger partial charge is 0.0635 e. The van der Waals surface area contributed by atoms with Gasteiger partial charge in [0.25, 0.3) is 0 Å². The highest BCUT2D eigenvalue weighted by Crippen LogP contribution is 2.04. The van der Waals surface area contributed by atoms with Crippen LogP contribution in [0.3, 0.4) is 0 Å². The first-order valence-electron chi connectivity index (χ1n) is 5.86. The van der Waals surface area contributed by atoms with Gasteiger partial charge < -0.3 is 4.90 Å². The lowest BCUT2D eigenvalue weighted by molar-refractivity contribution is 0.244. The molecule has 0 unspecified atom stereocenters. The molecule has 3 heteroatoms. The molecule has 0 atom stereocenters. The Morgan fingerprint density at radius 2 is 1.93 bits per heavy atom. The number of rotatable bonds is 9. The normalized spacial score (nSPS) is 10.9. The van der Waals surface area contributed by atoms with Crippen LogP contribution in [0.15, 0.2) is 0 Å². The summed E-state index contributed by atoms with van der Waals surface area (Å²) in [6.07, 6.45) is 4.15. The van der Waals surface area contributed by atoms with Crippen molar-refractivity contribution in [2.75, 3.05) is 25.5 Å². The lowest BCUT2D eigenvalue weighted by Gasteiger charge is -2.22. The first-order valence-corrected chi connectivity index (χ1v) is 6.39. The number of nitrogens with zero attached hydrogens (tertiary/aromatic N) is 2. The molecule has 0 rings (SSSR count). The molecule has 0 amide bonds. The van der Waals surface area contributed by atoms with E-state index in [2.05, 4.69) is 24.8 Å². The summed E-state index contributed by atoms with van der Waals surface area (Å²) in [4.78, 5) is 2.39. The SMILES string of the molecule is CC(C)CN(CCC#N)CCCCCCl. The van der Waals surface area contributed by atoms with Gasteiger partial charge in [0.15, 0.2) is 0 Å². The Kier molecular flexibility index (Phi) is 10.1.